The van der Waals surface area contributed by atoms with E-state index in [9.17, 15) is 0 Å². The van der Waals surface area contributed by atoms with Crippen molar-refractivity contribution in [2.24, 2.45) is 0 Å². The standard InChI is InChI=1S/C12H14N2OS/c1-9-6-7-10(16-9)8-13-11-4-3-5-12(14-11)15-2/h3-7H,8H2,1-2H3,(H,13,14). The van der Waals surface area contributed by atoms with Crippen LogP contribution >= 0.6 is 11.3 Å². The molecule has 0 fully saturated rings. The lowest BCUT2D eigenvalue weighted by Gasteiger charge is -2.05. The highest BCUT2D eigenvalue weighted by molar-refractivity contribution is 7.11. The molecule has 0 saturated heterocycles. The van der Waals surface area contributed by atoms with Gasteiger partial charge in [0.05, 0.1) is 13.7 Å². The Balaban J connectivity index is 1.99. The number of anilines is 1. The molecule has 16 heavy (non-hydrogen) atoms. The van der Waals surface area contributed by atoms with Crippen LogP contribution in [-0.4, -0.2) is 12.1 Å². The van der Waals surface area contributed by atoms with Crippen LogP contribution in [0.25, 0.3) is 0 Å². The van der Waals surface area contributed by atoms with E-state index in [-0.39, 0.29) is 0 Å². The van der Waals surface area contributed by atoms with Crippen LogP contribution in [0.3, 0.4) is 0 Å². The highest BCUT2D eigenvalue weighted by Crippen LogP contribution is 2.17. The van der Waals surface area contributed by atoms with Crippen LogP contribution in [0.1, 0.15) is 9.75 Å². The number of aromatic nitrogens is 1. The van der Waals surface area contributed by atoms with Gasteiger partial charge in [-0.25, -0.2) is 0 Å². The number of hydrogen-bond acceptors (Lipinski definition) is 4. The molecule has 0 amide bonds. The molecule has 0 saturated carbocycles. The largest absolute Gasteiger partial charge is 0.481 e. The molecular weight excluding hydrogens is 220 g/mol. The molecule has 2 aromatic heterocycles. The summed E-state index contributed by atoms with van der Waals surface area (Å²) in [6.45, 7) is 2.91. The van der Waals surface area contributed by atoms with Crippen molar-refractivity contribution >= 4 is 17.2 Å². The van der Waals surface area contributed by atoms with Crippen LogP contribution in [0.5, 0.6) is 5.88 Å². The molecule has 0 atom stereocenters. The van der Waals surface area contributed by atoms with Gasteiger partial charge >= 0.3 is 0 Å². The van der Waals surface area contributed by atoms with Gasteiger partial charge < -0.3 is 10.1 Å². The maximum atomic E-state index is 5.06. The predicted molar refractivity (Wildman–Crippen MR) is 67.2 cm³/mol. The zero-order chi connectivity index (χ0) is 11.4. The molecule has 0 aliphatic carbocycles. The minimum Gasteiger partial charge on any atom is -0.481 e. The summed E-state index contributed by atoms with van der Waals surface area (Å²) in [4.78, 5) is 6.92. The van der Waals surface area contributed by atoms with Gasteiger partial charge in [0.25, 0.3) is 0 Å². The first-order valence-electron chi connectivity index (χ1n) is 5.08. The molecule has 2 aromatic rings. The van der Waals surface area contributed by atoms with Crippen molar-refractivity contribution in [2.45, 2.75) is 13.5 Å². The molecule has 3 nitrogen and oxygen atoms in total. The first-order chi connectivity index (χ1) is 7.78. The molecule has 4 heteroatoms. The normalized spacial score (nSPS) is 10.1. The van der Waals surface area contributed by atoms with Crippen LogP contribution in [0.2, 0.25) is 0 Å². The molecule has 0 aliphatic heterocycles. The van der Waals surface area contributed by atoms with Crippen LogP contribution in [0.4, 0.5) is 5.82 Å². The average molecular weight is 234 g/mol. The number of nitrogens with one attached hydrogen (secondary N) is 1. The van der Waals surface area contributed by atoms with E-state index in [4.69, 9.17) is 4.74 Å². The van der Waals surface area contributed by atoms with Gasteiger partial charge in [-0.15, -0.1) is 11.3 Å². The van der Waals surface area contributed by atoms with Crippen molar-refractivity contribution in [3.8, 4) is 5.88 Å². The van der Waals surface area contributed by atoms with Crippen molar-refractivity contribution in [3.63, 3.8) is 0 Å². The zero-order valence-corrected chi connectivity index (χ0v) is 10.2. The van der Waals surface area contributed by atoms with E-state index in [1.165, 1.54) is 9.75 Å². The maximum Gasteiger partial charge on any atom is 0.214 e. The minimum absolute atomic E-state index is 0.632. The van der Waals surface area contributed by atoms with E-state index in [1.54, 1.807) is 18.4 Å². The fourth-order valence-corrected chi connectivity index (χ4v) is 2.21. The van der Waals surface area contributed by atoms with Gasteiger partial charge in [-0.3, -0.25) is 0 Å². The highest BCUT2D eigenvalue weighted by atomic mass is 32.1. The lowest BCUT2D eigenvalue weighted by atomic mass is 10.4. The van der Waals surface area contributed by atoms with Crippen LogP contribution in [-0.2, 0) is 6.54 Å². The number of ether oxygens (including phenoxy) is 1. The Hall–Kier alpha value is -1.55. The number of methoxy groups -OCH3 is 1. The second-order valence-electron chi connectivity index (χ2n) is 3.43. The molecule has 0 aromatic carbocycles. The van der Waals surface area contributed by atoms with E-state index in [0.29, 0.717) is 5.88 Å². The fourth-order valence-electron chi connectivity index (χ4n) is 1.38. The number of hydrogen-bond donors (Lipinski definition) is 1. The van der Waals surface area contributed by atoms with Gasteiger partial charge in [0.2, 0.25) is 5.88 Å². The van der Waals surface area contributed by atoms with Gasteiger partial charge in [-0.2, -0.15) is 4.98 Å². The molecular formula is C12H14N2OS. The third-order valence-electron chi connectivity index (χ3n) is 2.17. The maximum absolute atomic E-state index is 5.06. The first-order valence-corrected chi connectivity index (χ1v) is 5.90. The number of aryl methyl sites for hydroxylation is 1. The average Bonchev–Trinajstić information content (AvgIpc) is 2.73. The van der Waals surface area contributed by atoms with Crippen molar-refractivity contribution in [2.75, 3.05) is 12.4 Å². The summed E-state index contributed by atoms with van der Waals surface area (Å²) in [6, 6.07) is 9.95. The molecule has 0 radical (unpaired) electrons. The second-order valence-corrected chi connectivity index (χ2v) is 4.80. The second kappa shape index (κ2) is 4.99. The van der Waals surface area contributed by atoms with Gasteiger partial charge in [0, 0.05) is 15.8 Å². The Kier molecular flexibility index (Phi) is 3.41. The lowest BCUT2D eigenvalue weighted by molar-refractivity contribution is 0.398. The molecule has 2 heterocycles. The molecule has 0 aliphatic rings. The van der Waals surface area contributed by atoms with Crippen molar-refractivity contribution in [3.05, 3.63) is 40.1 Å². The lowest BCUT2D eigenvalue weighted by Crippen LogP contribution is -2.00. The van der Waals surface area contributed by atoms with Gasteiger partial charge in [-0.1, -0.05) is 6.07 Å². The smallest absolute Gasteiger partial charge is 0.214 e. The third kappa shape index (κ3) is 2.73. The quantitative estimate of drug-likeness (QED) is 0.882. The molecule has 2 rings (SSSR count). The molecule has 1 N–H and O–H groups in total. The fraction of sp³-hybridized carbons (Fsp3) is 0.250. The molecule has 0 spiro atoms. The Labute approximate surface area is 99.1 Å². The van der Waals surface area contributed by atoms with E-state index in [2.05, 4.69) is 29.4 Å². The summed E-state index contributed by atoms with van der Waals surface area (Å²) in [7, 11) is 1.62. The Morgan fingerprint density at radius 2 is 2.19 bits per heavy atom. The van der Waals surface area contributed by atoms with Crippen LogP contribution < -0.4 is 10.1 Å². The third-order valence-corrected chi connectivity index (χ3v) is 3.17. The van der Waals surface area contributed by atoms with E-state index < -0.39 is 0 Å². The van der Waals surface area contributed by atoms with Crippen LogP contribution in [0, 0.1) is 6.92 Å². The zero-order valence-electron chi connectivity index (χ0n) is 9.36. The van der Waals surface area contributed by atoms with Crippen molar-refractivity contribution in [1.82, 2.24) is 4.98 Å². The van der Waals surface area contributed by atoms with E-state index in [0.717, 1.165) is 12.4 Å². The van der Waals surface area contributed by atoms with Gasteiger partial charge in [-0.05, 0) is 25.1 Å². The Bertz CT molecular complexity index is 468. The summed E-state index contributed by atoms with van der Waals surface area (Å²) in [5.74, 6) is 1.47. The number of pyridine rings is 1. The van der Waals surface area contributed by atoms with Crippen molar-refractivity contribution < 1.29 is 4.74 Å². The minimum atomic E-state index is 0.632. The monoisotopic (exact) mass is 234 g/mol. The summed E-state index contributed by atoms with van der Waals surface area (Å²) in [5.41, 5.74) is 0. The number of nitrogens with zero attached hydrogens (tertiary/aromatic N) is 1. The number of rotatable bonds is 4. The Morgan fingerprint density at radius 1 is 1.31 bits per heavy atom. The van der Waals surface area contributed by atoms with Gasteiger partial charge in [0.15, 0.2) is 0 Å². The topological polar surface area (TPSA) is 34.1 Å². The molecule has 0 unspecified atom stereocenters. The van der Waals surface area contributed by atoms with E-state index >= 15 is 0 Å². The van der Waals surface area contributed by atoms with Crippen LogP contribution in [0.15, 0.2) is 30.3 Å². The summed E-state index contributed by atoms with van der Waals surface area (Å²) in [6.07, 6.45) is 0. The summed E-state index contributed by atoms with van der Waals surface area (Å²) >= 11 is 1.80. The summed E-state index contributed by atoms with van der Waals surface area (Å²) < 4.78 is 5.06. The highest BCUT2D eigenvalue weighted by Gasteiger charge is 1.99. The van der Waals surface area contributed by atoms with E-state index in [1.807, 2.05) is 18.2 Å². The molecule has 0 bridgehead atoms. The summed E-state index contributed by atoms with van der Waals surface area (Å²) in [5, 5.41) is 3.27. The first kappa shape index (κ1) is 11.0. The van der Waals surface area contributed by atoms with Gasteiger partial charge in [0.1, 0.15) is 5.82 Å². The number of thiophene rings is 1. The SMILES string of the molecule is COc1cccc(NCc2ccc(C)s2)n1. The molecule has 84 valence electrons. The Morgan fingerprint density at radius 3 is 2.88 bits per heavy atom. The van der Waals surface area contributed by atoms with Crippen molar-refractivity contribution in [1.29, 1.82) is 0 Å². The predicted octanol–water partition coefficient (Wildman–Crippen LogP) is 3.07.